The minimum absolute atomic E-state index is 0.120. The van der Waals surface area contributed by atoms with Gasteiger partial charge in [-0.2, -0.15) is 0 Å². The van der Waals surface area contributed by atoms with E-state index in [4.69, 9.17) is 0 Å². The van der Waals surface area contributed by atoms with Crippen LogP contribution in [0.1, 0.15) is 43.3 Å². The van der Waals surface area contributed by atoms with Crippen molar-refractivity contribution in [2.75, 3.05) is 6.54 Å². The zero-order valence-electron chi connectivity index (χ0n) is 11.1. The van der Waals surface area contributed by atoms with Gasteiger partial charge in [-0.05, 0) is 32.8 Å². The normalized spacial score (nSPS) is 16.6. The van der Waals surface area contributed by atoms with Gasteiger partial charge in [0.05, 0.1) is 10.7 Å². The van der Waals surface area contributed by atoms with E-state index in [2.05, 4.69) is 11.9 Å². The molecule has 0 unspecified atom stereocenters. The second-order valence-electron chi connectivity index (χ2n) is 4.69. The van der Waals surface area contributed by atoms with E-state index in [9.17, 15) is 4.79 Å². The molecule has 0 atom stereocenters. The molecule has 0 saturated heterocycles. The van der Waals surface area contributed by atoms with Crippen molar-refractivity contribution in [1.82, 2.24) is 9.88 Å². The molecule has 0 radical (unpaired) electrons. The van der Waals surface area contributed by atoms with E-state index in [-0.39, 0.29) is 5.91 Å². The van der Waals surface area contributed by atoms with Gasteiger partial charge in [0.15, 0.2) is 0 Å². The summed E-state index contributed by atoms with van der Waals surface area (Å²) in [5, 5.41) is 3.01. The third kappa shape index (κ3) is 3.19. The molecule has 18 heavy (non-hydrogen) atoms. The fourth-order valence-electron chi connectivity index (χ4n) is 2.52. The van der Waals surface area contributed by atoms with Gasteiger partial charge in [0.25, 0.3) is 0 Å². The molecule has 1 fully saturated rings. The van der Waals surface area contributed by atoms with Crippen molar-refractivity contribution in [2.45, 2.75) is 45.6 Å². The maximum Gasteiger partial charge on any atom is 0.246 e. The molecule has 1 aliphatic carbocycles. The Morgan fingerprint density at radius 3 is 2.83 bits per heavy atom. The number of amides is 1. The van der Waals surface area contributed by atoms with E-state index in [1.165, 1.54) is 12.8 Å². The largest absolute Gasteiger partial charge is 0.336 e. The SMILES string of the molecule is CCN(C(=O)/C=C/c1csc(C)n1)C1CCCC1. The van der Waals surface area contributed by atoms with Crippen molar-refractivity contribution in [3.8, 4) is 0 Å². The van der Waals surface area contributed by atoms with E-state index in [1.807, 2.05) is 23.3 Å². The van der Waals surface area contributed by atoms with Crippen LogP contribution in [-0.2, 0) is 4.79 Å². The molecule has 2 rings (SSSR count). The Labute approximate surface area is 113 Å². The Balaban J connectivity index is 1.98. The zero-order chi connectivity index (χ0) is 13.0. The van der Waals surface area contributed by atoms with Gasteiger partial charge in [0, 0.05) is 24.0 Å². The number of carbonyl (C=O) groups excluding carboxylic acids is 1. The monoisotopic (exact) mass is 264 g/mol. The van der Waals surface area contributed by atoms with Crippen LogP contribution in [0.25, 0.3) is 6.08 Å². The van der Waals surface area contributed by atoms with Crippen molar-refractivity contribution < 1.29 is 4.79 Å². The first-order valence-electron chi connectivity index (χ1n) is 6.61. The molecular weight excluding hydrogens is 244 g/mol. The lowest BCUT2D eigenvalue weighted by molar-refractivity contribution is -0.127. The van der Waals surface area contributed by atoms with Crippen LogP contribution in [0.15, 0.2) is 11.5 Å². The van der Waals surface area contributed by atoms with Crippen molar-refractivity contribution in [1.29, 1.82) is 0 Å². The van der Waals surface area contributed by atoms with Crippen LogP contribution < -0.4 is 0 Å². The fraction of sp³-hybridized carbons (Fsp3) is 0.571. The van der Waals surface area contributed by atoms with Crippen molar-refractivity contribution in [3.05, 3.63) is 22.2 Å². The van der Waals surface area contributed by atoms with Gasteiger partial charge in [0.1, 0.15) is 0 Å². The molecule has 0 aliphatic heterocycles. The molecule has 1 aliphatic rings. The third-order valence-corrected chi connectivity index (χ3v) is 4.21. The van der Waals surface area contributed by atoms with E-state index in [0.717, 1.165) is 30.1 Å². The molecule has 0 spiro atoms. The predicted molar refractivity (Wildman–Crippen MR) is 75.5 cm³/mol. The summed E-state index contributed by atoms with van der Waals surface area (Å²) >= 11 is 1.61. The molecule has 1 saturated carbocycles. The van der Waals surface area contributed by atoms with Gasteiger partial charge in [0.2, 0.25) is 5.91 Å². The Morgan fingerprint density at radius 1 is 1.56 bits per heavy atom. The molecular formula is C14H20N2OS. The summed E-state index contributed by atoms with van der Waals surface area (Å²) < 4.78 is 0. The number of carbonyl (C=O) groups is 1. The lowest BCUT2D eigenvalue weighted by atomic mass is 10.2. The summed E-state index contributed by atoms with van der Waals surface area (Å²) in [5.41, 5.74) is 0.883. The smallest absolute Gasteiger partial charge is 0.246 e. The van der Waals surface area contributed by atoms with Gasteiger partial charge in [-0.15, -0.1) is 11.3 Å². The molecule has 0 bridgehead atoms. The van der Waals surface area contributed by atoms with Crippen molar-refractivity contribution in [3.63, 3.8) is 0 Å². The summed E-state index contributed by atoms with van der Waals surface area (Å²) in [6.45, 7) is 4.82. The first-order chi connectivity index (χ1) is 8.70. The quantitative estimate of drug-likeness (QED) is 0.782. The van der Waals surface area contributed by atoms with Crippen LogP contribution in [0.5, 0.6) is 0 Å². The minimum Gasteiger partial charge on any atom is -0.336 e. The highest BCUT2D eigenvalue weighted by atomic mass is 32.1. The molecule has 0 N–H and O–H groups in total. The molecule has 4 heteroatoms. The average molecular weight is 264 g/mol. The second kappa shape index (κ2) is 6.14. The van der Waals surface area contributed by atoms with Crippen LogP contribution in [0, 0.1) is 6.92 Å². The molecule has 1 amide bonds. The van der Waals surface area contributed by atoms with Crippen LogP contribution in [0.4, 0.5) is 0 Å². The Morgan fingerprint density at radius 2 is 2.28 bits per heavy atom. The third-order valence-electron chi connectivity index (χ3n) is 3.42. The van der Waals surface area contributed by atoms with Crippen LogP contribution in [0.2, 0.25) is 0 Å². The van der Waals surface area contributed by atoms with Gasteiger partial charge in [-0.3, -0.25) is 4.79 Å². The van der Waals surface area contributed by atoms with Gasteiger partial charge in [-0.25, -0.2) is 4.98 Å². The fourth-order valence-corrected chi connectivity index (χ4v) is 3.10. The molecule has 3 nitrogen and oxygen atoms in total. The average Bonchev–Trinajstić information content (AvgIpc) is 2.99. The standard InChI is InChI=1S/C14H20N2OS/c1-3-16(13-6-4-5-7-13)14(17)9-8-12-10-18-11(2)15-12/h8-10,13H,3-7H2,1-2H3/b9-8+. The summed E-state index contributed by atoms with van der Waals surface area (Å²) in [6, 6.07) is 0.448. The first-order valence-corrected chi connectivity index (χ1v) is 7.49. The second-order valence-corrected chi connectivity index (χ2v) is 5.75. The van der Waals surface area contributed by atoms with E-state index < -0.39 is 0 Å². The Kier molecular flexibility index (Phi) is 4.53. The van der Waals surface area contributed by atoms with Crippen molar-refractivity contribution >= 4 is 23.3 Å². The van der Waals surface area contributed by atoms with Gasteiger partial charge < -0.3 is 4.90 Å². The first kappa shape index (κ1) is 13.3. The number of thiazole rings is 1. The van der Waals surface area contributed by atoms with Crippen molar-refractivity contribution in [2.24, 2.45) is 0 Å². The molecule has 98 valence electrons. The van der Waals surface area contributed by atoms with E-state index >= 15 is 0 Å². The number of likely N-dealkylation sites (N-methyl/N-ethyl adjacent to an activating group) is 1. The summed E-state index contributed by atoms with van der Waals surface area (Å²) in [7, 11) is 0. The maximum atomic E-state index is 12.2. The van der Waals surface area contributed by atoms with Gasteiger partial charge >= 0.3 is 0 Å². The number of rotatable bonds is 4. The number of nitrogens with zero attached hydrogens (tertiary/aromatic N) is 2. The highest BCUT2D eigenvalue weighted by molar-refractivity contribution is 7.09. The highest BCUT2D eigenvalue weighted by Crippen LogP contribution is 2.23. The molecule has 1 aromatic rings. The zero-order valence-corrected chi connectivity index (χ0v) is 11.9. The molecule has 0 aromatic carbocycles. The van der Waals surface area contributed by atoms with Gasteiger partial charge in [-0.1, -0.05) is 12.8 Å². The lowest BCUT2D eigenvalue weighted by Gasteiger charge is -2.26. The summed E-state index contributed by atoms with van der Waals surface area (Å²) in [4.78, 5) is 18.5. The maximum absolute atomic E-state index is 12.2. The number of aromatic nitrogens is 1. The Bertz CT molecular complexity index is 433. The Hall–Kier alpha value is -1.16. The number of hydrogen-bond acceptors (Lipinski definition) is 3. The topological polar surface area (TPSA) is 33.2 Å². The van der Waals surface area contributed by atoms with Crippen LogP contribution >= 0.6 is 11.3 Å². The van der Waals surface area contributed by atoms with Crippen LogP contribution in [-0.4, -0.2) is 28.4 Å². The van der Waals surface area contributed by atoms with Crippen LogP contribution in [0.3, 0.4) is 0 Å². The summed E-state index contributed by atoms with van der Waals surface area (Å²) in [5.74, 6) is 0.120. The predicted octanol–water partition coefficient (Wildman–Crippen LogP) is 3.26. The summed E-state index contributed by atoms with van der Waals surface area (Å²) in [6.07, 6.45) is 8.30. The molecule has 1 aromatic heterocycles. The minimum atomic E-state index is 0.120. The number of hydrogen-bond donors (Lipinski definition) is 0. The van der Waals surface area contributed by atoms with E-state index in [0.29, 0.717) is 6.04 Å². The highest BCUT2D eigenvalue weighted by Gasteiger charge is 2.23. The van der Waals surface area contributed by atoms with E-state index in [1.54, 1.807) is 17.4 Å². The lowest BCUT2D eigenvalue weighted by Crippen LogP contribution is -2.37. The molecule has 1 heterocycles. The number of aryl methyl sites for hydroxylation is 1.